The number of rotatable bonds is 8. The Labute approximate surface area is 186 Å². The number of hydrogen-bond donors (Lipinski definition) is 1. The number of carbonyl (C=O) groups is 1. The average molecular weight is 444 g/mol. The molecule has 1 N–H and O–H groups in total. The fourth-order valence-corrected chi connectivity index (χ4v) is 3.72. The van der Waals surface area contributed by atoms with Gasteiger partial charge in [0.25, 0.3) is 0 Å². The maximum Gasteiger partial charge on any atom is 0.225 e. The molecule has 0 saturated heterocycles. The van der Waals surface area contributed by atoms with Crippen LogP contribution in [0.1, 0.15) is 22.7 Å². The minimum atomic E-state index is -0.224. The topological polar surface area (TPSA) is 47.6 Å². The van der Waals surface area contributed by atoms with Crippen molar-refractivity contribution in [2.24, 2.45) is 0 Å². The van der Waals surface area contributed by atoms with Crippen LogP contribution in [0.15, 0.2) is 66.7 Å². The lowest BCUT2D eigenvalue weighted by molar-refractivity contribution is -0.121. The number of carbonyl (C=O) groups excluding carboxylic acids is 1. The Balaban J connectivity index is 1.81. The molecule has 0 aliphatic rings. The number of ether oxygens (including phenoxy) is 2. The molecule has 156 valence electrons. The SMILES string of the molecule is COc1ccc(CC(NC(=O)Cc2c(Cl)cccc2Cl)c2ccc(OC)cc2)cc1. The number of benzene rings is 3. The Bertz CT molecular complexity index is 968. The van der Waals surface area contributed by atoms with Crippen molar-refractivity contribution in [3.8, 4) is 11.5 Å². The van der Waals surface area contributed by atoms with E-state index < -0.39 is 0 Å². The summed E-state index contributed by atoms with van der Waals surface area (Å²) in [5, 5.41) is 4.08. The second-order valence-corrected chi connectivity index (χ2v) is 7.64. The molecular formula is C24H23Cl2NO3. The van der Waals surface area contributed by atoms with Crippen LogP contribution in [0.25, 0.3) is 0 Å². The Morgan fingerprint density at radius 1 is 0.867 bits per heavy atom. The molecule has 1 atom stereocenters. The van der Waals surface area contributed by atoms with Crippen molar-refractivity contribution in [3.63, 3.8) is 0 Å². The van der Waals surface area contributed by atoms with Gasteiger partial charge in [-0.2, -0.15) is 0 Å². The van der Waals surface area contributed by atoms with Crippen molar-refractivity contribution >= 4 is 29.1 Å². The summed E-state index contributed by atoms with van der Waals surface area (Å²) in [5.74, 6) is 1.40. The molecule has 3 aromatic carbocycles. The normalized spacial score (nSPS) is 11.6. The van der Waals surface area contributed by atoms with Crippen molar-refractivity contribution in [1.29, 1.82) is 0 Å². The van der Waals surface area contributed by atoms with Crippen LogP contribution in [-0.2, 0) is 17.6 Å². The molecule has 0 saturated carbocycles. The number of hydrogen-bond acceptors (Lipinski definition) is 3. The molecule has 0 aliphatic carbocycles. The molecule has 1 unspecified atom stereocenters. The lowest BCUT2D eigenvalue weighted by Crippen LogP contribution is -2.31. The smallest absolute Gasteiger partial charge is 0.225 e. The van der Waals surface area contributed by atoms with Crippen molar-refractivity contribution in [1.82, 2.24) is 5.32 Å². The lowest BCUT2D eigenvalue weighted by atomic mass is 9.98. The van der Waals surface area contributed by atoms with Crippen LogP contribution in [0, 0.1) is 0 Å². The van der Waals surface area contributed by atoms with Gasteiger partial charge in [-0.3, -0.25) is 4.79 Å². The molecule has 0 fully saturated rings. The molecule has 3 aromatic rings. The maximum absolute atomic E-state index is 12.8. The third-order valence-electron chi connectivity index (χ3n) is 4.85. The van der Waals surface area contributed by atoms with Gasteiger partial charge in [-0.25, -0.2) is 0 Å². The van der Waals surface area contributed by atoms with Gasteiger partial charge >= 0.3 is 0 Å². The zero-order valence-electron chi connectivity index (χ0n) is 16.8. The van der Waals surface area contributed by atoms with Crippen molar-refractivity contribution < 1.29 is 14.3 Å². The highest BCUT2D eigenvalue weighted by Gasteiger charge is 2.18. The maximum atomic E-state index is 12.8. The van der Waals surface area contributed by atoms with E-state index in [0.29, 0.717) is 22.0 Å². The summed E-state index contributed by atoms with van der Waals surface area (Å²) in [6.07, 6.45) is 0.728. The van der Waals surface area contributed by atoms with Gasteiger partial charge in [0.2, 0.25) is 5.91 Å². The van der Waals surface area contributed by atoms with E-state index in [1.54, 1.807) is 32.4 Å². The molecule has 0 spiro atoms. The summed E-state index contributed by atoms with van der Waals surface area (Å²) in [6, 6.07) is 20.5. The fourth-order valence-electron chi connectivity index (χ4n) is 3.19. The molecule has 0 radical (unpaired) electrons. The first kappa shape index (κ1) is 22.0. The highest BCUT2D eigenvalue weighted by Crippen LogP contribution is 2.26. The first-order valence-electron chi connectivity index (χ1n) is 9.49. The highest BCUT2D eigenvalue weighted by molar-refractivity contribution is 6.36. The van der Waals surface area contributed by atoms with Crippen molar-refractivity contribution in [2.45, 2.75) is 18.9 Å². The standard InChI is InChI=1S/C24H23Cl2NO3/c1-29-18-10-6-16(7-11-18)14-23(17-8-12-19(30-2)13-9-17)27-24(28)15-20-21(25)4-3-5-22(20)26/h3-13,23H,14-15H2,1-2H3,(H,27,28). The largest absolute Gasteiger partial charge is 0.497 e. The molecule has 0 heterocycles. The third-order valence-corrected chi connectivity index (χ3v) is 5.56. The predicted octanol–water partition coefficient (Wildman–Crippen LogP) is 5.65. The molecule has 3 rings (SSSR count). The van der Waals surface area contributed by atoms with Crippen LogP contribution in [0.3, 0.4) is 0 Å². The average Bonchev–Trinajstić information content (AvgIpc) is 2.76. The van der Waals surface area contributed by atoms with Crippen molar-refractivity contribution in [2.75, 3.05) is 14.2 Å². The lowest BCUT2D eigenvalue weighted by Gasteiger charge is -2.20. The van der Waals surface area contributed by atoms with Crippen LogP contribution in [0.2, 0.25) is 10.0 Å². The molecule has 0 aromatic heterocycles. The van der Waals surface area contributed by atoms with Crippen LogP contribution >= 0.6 is 23.2 Å². The van der Waals surface area contributed by atoms with Gasteiger partial charge in [-0.05, 0) is 59.5 Å². The molecular weight excluding hydrogens is 421 g/mol. The van der Waals surface area contributed by atoms with E-state index >= 15 is 0 Å². The Hall–Kier alpha value is -2.69. The molecule has 1 amide bonds. The second kappa shape index (κ2) is 10.4. The minimum absolute atomic E-state index is 0.105. The van der Waals surface area contributed by atoms with E-state index in [1.807, 2.05) is 48.5 Å². The van der Waals surface area contributed by atoms with Crippen molar-refractivity contribution in [3.05, 3.63) is 93.5 Å². The summed E-state index contributed by atoms with van der Waals surface area (Å²) < 4.78 is 10.5. The van der Waals surface area contributed by atoms with E-state index in [2.05, 4.69) is 5.32 Å². The van der Waals surface area contributed by atoms with Gasteiger partial charge in [0, 0.05) is 10.0 Å². The summed E-state index contributed by atoms with van der Waals surface area (Å²) >= 11 is 12.5. The minimum Gasteiger partial charge on any atom is -0.497 e. The third kappa shape index (κ3) is 5.68. The Morgan fingerprint density at radius 2 is 1.40 bits per heavy atom. The number of halogens is 2. The van der Waals surface area contributed by atoms with E-state index in [4.69, 9.17) is 32.7 Å². The van der Waals surface area contributed by atoms with E-state index in [9.17, 15) is 4.79 Å². The van der Waals surface area contributed by atoms with Gasteiger partial charge in [0.1, 0.15) is 11.5 Å². The quantitative estimate of drug-likeness (QED) is 0.488. The summed E-state index contributed by atoms with van der Waals surface area (Å²) in [5.41, 5.74) is 2.68. The Kier molecular flexibility index (Phi) is 7.61. The number of methoxy groups -OCH3 is 2. The van der Waals surface area contributed by atoms with E-state index in [-0.39, 0.29) is 18.4 Å². The second-order valence-electron chi connectivity index (χ2n) is 6.82. The highest BCUT2D eigenvalue weighted by atomic mass is 35.5. The summed E-state index contributed by atoms with van der Waals surface area (Å²) in [7, 11) is 3.26. The Morgan fingerprint density at radius 3 is 1.93 bits per heavy atom. The van der Waals surface area contributed by atoms with Crippen LogP contribution in [0.4, 0.5) is 0 Å². The van der Waals surface area contributed by atoms with Gasteiger partial charge < -0.3 is 14.8 Å². The fraction of sp³-hybridized carbons (Fsp3) is 0.208. The van der Waals surface area contributed by atoms with E-state index in [1.165, 1.54) is 0 Å². The predicted molar refractivity (Wildman–Crippen MR) is 121 cm³/mol. The molecule has 30 heavy (non-hydrogen) atoms. The number of amides is 1. The first-order chi connectivity index (χ1) is 14.5. The van der Waals surface area contributed by atoms with Crippen LogP contribution in [-0.4, -0.2) is 20.1 Å². The van der Waals surface area contributed by atoms with Gasteiger partial charge in [0.05, 0.1) is 26.7 Å². The van der Waals surface area contributed by atoms with Gasteiger partial charge in [-0.15, -0.1) is 0 Å². The zero-order chi connectivity index (χ0) is 21.5. The van der Waals surface area contributed by atoms with E-state index in [0.717, 1.165) is 22.6 Å². The molecule has 6 heteroatoms. The molecule has 0 bridgehead atoms. The number of nitrogens with one attached hydrogen (secondary N) is 1. The monoisotopic (exact) mass is 443 g/mol. The van der Waals surface area contributed by atoms with Crippen LogP contribution < -0.4 is 14.8 Å². The van der Waals surface area contributed by atoms with Gasteiger partial charge in [-0.1, -0.05) is 53.5 Å². The van der Waals surface area contributed by atoms with Crippen LogP contribution in [0.5, 0.6) is 11.5 Å². The first-order valence-corrected chi connectivity index (χ1v) is 10.2. The molecule has 4 nitrogen and oxygen atoms in total. The summed E-state index contributed by atoms with van der Waals surface area (Å²) in [6.45, 7) is 0. The molecule has 0 aliphatic heterocycles. The zero-order valence-corrected chi connectivity index (χ0v) is 18.3. The summed E-state index contributed by atoms with van der Waals surface area (Å²) in [4.78, 5) is 12.8. The van der Waals surface area contributed by atoms with Gasteiger partial charge in [0.15, 0.2) is 0 Å².